The zero-order valence-corrected chi connectivity index (χ0v) is 14.2. The molecule has 2 N–H and O–H groups in total. The highest BCUT2D eigenvalue weighted by Gasteiger charge is 2.10. The van der Waals surface area contributed by atoms with E-state index in [1.807, 2.05) is 19.1 Å². The normalized spacial score (nSPS) is 10.0. The van der Waals surface area contributed by atoms with Gasteiger partial charge in [-0.3, -0.25) is 9.59 Å². The number of carbonyl (C=O) groups excluding carboxylic acids is 3. The Morgan fingerprint density at radius 2 is 1.60 bits per heavy atom. The summed E-state index contributed by atoms with van der Waals surface area (Å²) in [5, 5.41) is 5.24. The number of amides is 2. The van der Waals surface area contributed by atoms with Crippen molar-refractivity contribution in [2.75, 3.05) is 17.2 Å². The Hall–Kier alpha value is -3.15. The molecular formula is C19H20N2O4. The lowest BCUT2D eigenvalue weighted by Gasteiger charge is -2.09. The van der Waals surface area contributed by atoms with Crippen LogP contribution in [0.15, 0.2) is 48.5 Å². The van der Waals surface area contributed by atoms with Crippen molar-refractivity contribution in [1.82, 2.24) is 0 Å². The molecule has 0 fully saturated rings. The number of benzene rings is 2. The molecule has 0 unspecified atom stereocenters. The van der Waals surface area contributed by atoms with E-state index in [1.165, 1.54) is 6.92 Å². The highest BCUT2D eigenvalue weighted by molar-refractivity contribution is 5.96. The molecule has 2 amide bonds. The van der Waals surface area contributed by atoms with Crippen LogP contribution in [-0.4, -0.2) is 24.4 Å². The number of ether oxygens (including phenoxy) is 1. The van der Waals surface area contributed by atoms with E-state index in [2.05, 4.69) is 10.6 Å². The number of anilines is 2. The Balaban J connectivity index is 1.87. The van der Waals surface area contributed by atoms with E-state index in [0.717, 1.165) is 12.0 Å². The van der Waals surface area contributed by atoms with Crippen molar-refractivity contribution >= 4 is 29.2 Å². The predicted molar refractivity (Wildman–Crippen MR) is 95.5 cm³/mol. The lowest BCUT2D eigenvalue weighted by Crippen LogP contribution is -2.21. The monoisotopic (exact) mass is 340 g/mol. The third kappa shape index (κ3) is 5.76. The number of carbonyl (C=O) groups is 3. The Labute approximate surface area is 146 Å². The van der Waals surface area contributed by atoms with Crippen molar-refractivity contribution in [2.24, 2.45) is 0 Å². The van der Waals surface area contributed by atoms with Crippen LogP contribution in [-0.2, 0) is 20.7 Å². The highest BCUT2D eigenvalue weighted by Crippen LogP contribution is 2.15. The molecule has 0 aromatic heterocycles. The summed E-state index contributed by atoms with van der Waals surface area (Å²) in [6.07, 6.45) is 0.884. The van der Waals surface area contributed by atoms with Crippen LogP contribution in [0.2, 0.25) is 0 Å². The van der Waals surface area contributed by atoms with E-state index in [9.17, 15) is 14.4 Å². The minimum absolute atomic E-state index is 0.202. The molecule has 0 spiro atoms. The van der Waals surface area contributed by atoms with E-state index in [1.54, 1.807) is 36.4 Å². The van der Waals surface area contributed by atoms with Crippen LogP contribution in [0.3, 0.4) is 0 Å². The van der Waals surface area contributed by atoms with E-state index in [-0.39, 0.29) is 5.91 Å². The minimum atomic E-state index is -0.551. The lowest BCUT2D eigenvalue weighted by atomic mass is 10.1. The summed E-state index contributed by atoms with van der Waals surface area (Å²) in [5.41, 5.74) is 2.59. The van der Waals surface area contributed by atoms with E-state index < -0.39 is 18.5 Å². The van der Waals surface area contributed by atoms with Crippen LogP contribution in [0.4, 0.5) is 11.4 Å². The molecule has 0 aliphatic carbocycles. The molecule has 25 heavy (non-hydrogen) atoms. The summed E-state index contributed by atoms with van der Waals surface area (Å²) in [5.74, 6) is -1.21. The molecule has 0 aliphatic rings. The number of hydrogen-bond donors (Lipinski definition) is 2. The van der Waals surface area contributed by atoms with Gasteiger partial charge in [0.2, 0.25) is 5.91 Å². The molecule has 0 heterocycles. The average Bonchev–Trinajstić information content (AvgIpc) is 2.59. The second-order valence-electron chi connectivity index (χ2n) is 5.44. The van der Waals surface area contributed by atoms with Crippen LogP contribution >= 0.6 is 0 Å². The van der Waals surface area contributed by atoms with Crippen molar-refractivity contribution in [3.05, 3.63) is 59.7 Å². The van der Waals surface area contributed by atoms with Gasteiger partial charge >= 0.3 is 5.97 Å². The van der Waals surface area contributed by atoms with Gasteiger partial charge in [-0.1, -0.05) is 25.1 Å². The van der Waals surface area contributed by atoms with Gasteiger partial charge in [-0.05, 0) is 42.3 Å². The second-order valence-corrected chi connectivity index (χ2v) is 5.44. The molecule has 2 rings (SSSR count). The van der Waals surface area contributed by atoms with E-state index >= 15 is 0 Å². The largest absolute Gasteiger partial charge is 0.452 e. The van der Waals surface area contributed by atoms with Crippen molar-refractivity contribution in [1.29, 1.82) is 0 Å². The summed E-state index contributed by atoms with van der Waals surface area (Å²) < 4.78 is 5.01. The van der Waals surface area contributed by atoms with E-state index in [0.29, 0.717) is 16.9 Å². The highest BCUT2D eigenvalue weighted by atomic mass is 16.5. The van der Waals surface area contributed by atoms with Crippen molar-refractivity contribution in [3.63, 3.8) is 0 Å². The molecule has 0 saturated carbocycles. The standard InChI is InChI=1S/C19H20N2O4/c1-3-14-7-9-15(10-8-14)19(24)25-12-18(23)21-17-6-4-5-16(11-17)20-13(2)22/h4-11H,3,12H2,1-2H3,(H,20,22)(H,21,23). The topological polar surface area (TPSA) is 84.5 Å². The molecule has 0 radical (unpaired) electrons. The minimum Gasteiger partial charge on any atom is -0.452 e. The molecular weight excluding hydrogens is 320 g/mol. The van der Waals surface area contributed by atoms with Gasteiger partial charge in [0.1, 0.15) is 0 Å². The van der Waals surface area contributed by atoms with Crippen LogP contribution < -0.4 is 10.6 Å². The number of nitrogens with one attached hydrogen (secondary N) is 2. The van der Waals surface area contributed by atoms with Crippen LogP contribution in [0.5, 0.6) is 0 Å². The van der Waals surface area contributed by atoms with Gasteiger partial charge in [0.05, 0.1) is 5.56 Å². The van der Waals surface area contributed by atoms with Gasteiger partial charge in [-0.15, -0.1) is 0 Å². The maximum absolute atomic E-state index is 11.9. The van der Waals surface area contributed by atoms with Gasteiger partial charge < -0.3 is 15.4 Å². The molecule has 0 saturated heterocycles. The molecule has 2 aromatic rings. The Morgan fingerprint density at radius 3 is 2.20 bits per heavy atom. The van der Waals surface area contributed by atoms with Crippen LogP contribution in [0, 0.1) is 0 Å². The Morgan fingerprint density at radius 1 is 0.960 bits per heavy atom. The predicted octanol–water partition coefficient (Wildman–Crippen LogP) is 3.00. The first-order valence-corrected chi connectivity index (χ1v) is 7.91. The maximum atomic E-state index is 11.9. The smallest absolute Gasteiger partial charge is 0.338 e. The third-order valence-electron chi connectivity index (χ3n) is 3.40. The summed E-state index contributed by atoms with van der Waals surface area (Å²) in [7, 11) is 0. The van der Waals surface area contributed by atoms with Gasteiger partial charge in [0.15, 0.2) is 6.61 Å². The Bertz CT molecular complexity index is 769. The first-order chi connectivity index (χ1) is 12.0. The number of hydrogen-bond acceptors (Lipinski definition) is 4. The molecule has 6 nitrogen and oxygen atoms in total. The molecule has 2 aromatic carbocycles. The fourth-order valence-corrected chi connectivity index (χ4v) is 2.17. The number of aryl methyl sites for hydroxylation is 1. The van der Waals surface area contributed by atoms with Crippen molar-refractivity contribution in [2.45, 2.75) is 20.3 Å². The zero-order chi connectivity index (χ0) is 18.2. The molecule has 0 aliphatic heterocycles. The fraction of sp³-hybridized carbons (Fsp3) is 0.211. The number of rotatable bonds is 6. The first kappa shape index (κ1) is 18.2. The third-order valence-corrected chi connectivity index (χ3v) is 3.40. The first-order valence-electron chi connectivity index (χ1n) is 7.91. The molecule has 130 valence electrons. The van der Waals surface area contributed by atoms with Gasteiger partial charge in [0, 0.05) is 18.3 Å². The number of esters is 1. The SMILES string of the molecule is CCc1ccc(C(=O)OCC(=O)Nc2cccc(NC(C)=O)c2)cc1. The fourth-order valence-electron chi connectivity index (χ4n) is 2.17. The van der Waals surface area contributed by atoms with E-state index in [4.69, 9.17) is 4.74 Å². The molecule has 0 bridgehead atoms. The molecule has 0 atom stereocenters. The summed E-state index contributed by atoms with van der Waals surface area (Å²) in [6, 6.07) is 13.7. The van der Waals surface area contributed by atoms with Crippen LogP contribution in [0.25, 0.3) is 0 Å². The van der Waals surface area contributed by atoms with Gasteiger partial charge in [-0.25, -0.2) is 4.79 Å². The zero-order valence-electron chi connectivity index (χ0n) is 14.2. The van der Waals surface area contributed by atoms with Crippen molar-refractivity contribution < 1.29 is 19.1 Å². The summed E-state index contributed by atoms with van der Waals surface area (Å²) in [4.78, 5) is 34.9. The quantitative estimate of drug-likeness (QED) is 0.792. The maximum Gasteiger partial charge on any atom is 0.338 e. The van der Waals surface area contributed by atoms with Gasteiger partial charge in [-0.2, -0.15) is 0 Å². The Kier molecular flexibility index (Phi) is 6.28. The second kappa shape index (κ2) is 8.63. The van der Waals surface area contributed by atoms with Crippen LogP contribution in [0.1, 0.15) is 29.8 Å². The van der Waals surface area contributed by atoms with Gasteiger partial charge in [0.25, 0.3) is 5.91 Å². The lowest BCUT2D eigenvalue weighted by molar-refractivity contribution is -0.119. The van der Waals surface area contributed by atoms with Crippen molar-refractivity contribution in [3.8, 4) is 0 Å². The summed E-state index contributed by atoms with van der Waals surface area (Å²) in [6.45, 7) is 3.04. The summed E-state index contributed by atoms with van der Waals surface area (Å²) >= 11 is 0. The molecule has 6 heteroatoms. The average molecular weight is 340 g/mol.